The van der Waals surface area contributed by atoms with Gasteiger partial charge in [0, 0.05) is 24.7 Å². The van der Waals surface area contributed by atoms with Crippen LogP contribution in [0.5, 0.6) is 0 Å². The van der Waals surface area contributed by atoms with Crippen molar-refractivity contribution in [1.82, 2.24) is 19.9 Å². The van der Waals surface area contributed by atoms with Crippen LogP contribution in [-0.4, -0.2) is 65.9 Å². The van der Waals surface area contributed by atoms with Crippen molar-refractivity contribution in [3.63, 3.8) is 0 Å². The van der Waals surface area contributed by atoms with Crippen LogP contribution in [0.2, 0.25) is 0 Å². The number of pyridine rings is 1. The zero-order valence-corrected chi connectivity index (χ0v) is 21.6. The van der Waals surface area contributed by atoms with Gasteiger partial charge in [-0.2, -0.15) is 4.31 Å². The van der Waals surface area contributed by atoms with Crippen molar-refractivity contribution in [2.45, 2.75) is 56.3 Å². The SMILES string of the molecule is CC(C)C[C@H](NC(=O)c1cc2ccccc2o1)C(=O)NC1CCCN(S(=O)(=O)c2ccccn2)CC1O. The molecule has 1 aromatic carbocycles. The van der Waals surface area contributed by atoms with Crippen LogP contribution in [0.4, 0.5) is 0 Å². The summed E-state index contributed by atoms with van der Waals surface area (Å²) < 4.78 is 32.8. The van der Waals surface area contributed by atoms with Gasteiger partial charge >= 0.3 is 0 Å². The van der Waals surface area contributed by atoms with E-state index >= 15 is 0 Å². The molecular weight excluding hydrogens is 496 g/mol. The Labute approximate surface area is 216 Å². The summed E-state index contributed by atoms with van der Waals surface area (Å²) in [5, 5.41) is 17.1. The molecule has 4 rings (SSSR count). The number of nitrogens with one attached hydrogen (secondary N) is 2. The predicted octanol–water partition coefficient (Wildman–Crippen LogP) is 2.30. The lowest BCUT2D eigenvalue weighted by Crippen LogP contribution is -2.54. The van der Waals surface area contributed by atoms with Gasteiger partial charge in [-0.15, -0.1) is 0 Å². The summed E-state index contributed by atoms with van der Waals surface area (Å²) in [6.07, 6.45) is 1.47. The molecule has 0 bridgehead atoms. The van der Waals surface area contributed by atoms with Crippen LogP contribution in [0.25, 0.3) is 11.0 Å². The van der Waals surface area contributed by atoms with E-state index in [1.54, 1.807) is 24.3 Å². The number of furan rings is 1. The third-order valence-electron chi connectivity index (χ3n) is 6.33. The minimum atomic E-state index is -3.88. The zero-order chi connectivity index (χ0) is 26.6. The van der Waals surface area contributed by atoms with Crippen molar-refractivity contribution in [2.24, 2.45) is 5.92 Å². The maximum absolute atomic E-state index is 13.2. The van der Waals surface area contributed by atoms with Crippen LogP contribution in [0.1, 0.15) is 43.7 Å². The smallest absolute Gasteiger partial charge is 0.287 e. The molecule has 3 heterocycles. The Morgan fingerprint density at radius 2 is 1.95 bits per heavy atom. The van der Waals surface area contributed by atoms with Crippen molar-refractivity contribution in [1.29, 1.82) is 0 Å². The van der Waals surface area contributed by atoms with E-state index in [0.29, 0.717) is 24.8 Å². The Balaban J connectivity index is 1.43. The Bertz CT molecular complexity index is 1310. The number of amides is 2. The van der Waals surface area contributed by atoms with Crippen LogP contribution in [0, 0.1) is 5.92 Å². The summed E-state index contributed by atoms with van der Waals surface area (Å²) in [6, 6.07) is 12.0. The first-order valence-electron chi connectivity index (χ1n) is 12.3. The number of β-amino-alcohol motifs (C(OH)–C–C–N with tert-alkyl or cyclic N) is 1. The van der Waals surface area contributed by atoms with Crippen molar-refractivity contribution in [3.05, 3.63) is 60.5 Å². The molecule has 2 amide bonds. The highest BCUT2D eigenvalue weighted by Gasteiger charge is 2.35. The molecule has 0 radical (unpaired) electrons. The fourth-order valence-corrected chi connectivity index (χ4v) is 5.86. The molecule has 1 aliphatic rings. The van der Waals surface area contributed by atoms with E-state index < -0.39 is 40.0 Å². The third kappa shape index (κ3) is 6.35. The van der Waals surface area contributed by atoms with E-state index in [-0.39, 0.29) is 29.8 Å². The van der Waals surface area contributed by atoms with Gasteiger partial charge in [-0.25, -0.2) is 13.4 Å². The van der Waals surface area contributed by atoms with Gasteiger partial charge in [0.2, 0.25) is 5.91 Å². The summed E-state index contributed by atoms with van der Waals surface area (Å²) >= 11 is 0. The van der Waals surface area contributed by atoms with E-state index in [4.69, 9.17) is 4.42 Å². The second-order valence-electron chi connectivity index (χ2n) is 9.66. The Kier molecular flexibility index (Phi) is 8.25. The van der Waals surface area contributed by atoms with E-state index in [0.717, 1.165) is 5.39 Å². The van der Waals surface area contributed by atoms with Crippen LogP contribution in [-0.2, 0) is 14.8 Å². The fourth-order valence-electron chi connectivity index (χ4n) is 4.44. The number of carbonyl (C=O) groups excluding carboxylic acids is 2. The molecule has 3 atom stereocenters. The number of benzene rings is 1. The highest BCUT2D eigenvalue weighted by molar-refractivity contribution is 7.89. The molecule has 0 spiro atoms. The lowest BCUT2D eigenvalue weighted by Gasteiger charge is -2.27. The second-order valence-corrected chi connectivity index (χ2v) is 11.5. The summed E-state index contributed by atoms with van der Waals surface area (Å²) in [6.45, 7) is 3.90. The maximum Gasteiger partial charge on any atom is 0.287 e. The highest BCUT2D eigenvalue weighted by Crippen LogP contribution is 2.21. The Morgan fingerprint density at radius 1 is 1.19 bits per heavy atom. The van der Waals surface area contributed by atoms with E-state index in [9.17, 15) is 23.1 Å². The average molecular weight is 529 g/mol. The number of hydrogen-bond donors (Lipinski definition) is 3. The van der Waals surface area contributed by atoms with Crippen LogP contribution >= 0.6 is 0 Å². The molecule has 2 aromatic heterocycles. The van der Waals surface area contributed by atoms with Gasteiger partial charge in [-0.1, -0.05) is 38.1 Å². The first-order chi connectivity index (χ1) is 17.6. The average Bonchev–Trinajstić information content (AvgIpc) is 3.23. The second kappa shape index (κ2) is 11.4. The van der Waals surface area contributed by atoms with E-state index in [1.807, 2.05) is 32.0 Å². The number of aliphatic hydroxyl groups excluding tert-OH is 1. The van der Waals surface area contributed by atoms with Crippen molar-refractivity contribution < 1.29 is 27.5 Å². The molecule has 11 heteroatoms. The molecule has 2 unspecified atom stereocenters. The molecule has 10 nitrogen and oxygen atoms in total. The first-order valence-corrected chi connectivity index (χ1v) is 13.8. The number of rotatable bonds is 8. The number of sulfonamides is 1. The van der Waals surface area contributed by atoms with Gasteiger partial charge in [-0.05, 0) is 49.4 Å². The van der Waals surface area contributed by atoms with Gasteiger partial charge in [0.15, 0.2) is 10.8 Å². The lowest BCUT2D eigenvalue weighted by atomic mass is 10.0. The molecule has 198 valence electrons. The van der Waals surface area contributed by atoms with Crippen molar-refractivity contribution in [3.8, 4) is 0 Å². The van der Waals surface area contributed by atoms with Crippen LogP contribution in [0.15, 0.2) is 64.2 Å². The predicted molar refractivity (Wildman–Crippen MR) is 137 cm³/mol. The summed E-state index contributed by atoms with van der Waals surface area (Å²) in [7, 11) is -3.88. The standard InChI is InChI=1S/C26H32N4O6S/c1-17(2)14-20(29-26(33)23-15-18-8-3-4-10-22(18)36-23)25(32)28-19-9-7-13-30(16-21(19)31)37(34,35)24-11-5-6-12-27-24/h3-6,8,10-12,15,17,19-21,31H,7,9,13-14,16H2,1-2H3,(H,28,32)(H,29,33)/t19?,20-,21?/m0/s1. The number of aromatic nitrogens is 1. The van der Waals surface area contributed by atoms with Gasteiger partial charge in [0.05, 0.1) is 12.1 Å². The molecule has 3 aromatic rings. The number of fused-ring (bicyclic) bond motifs is 1. The molecule has 1 aliphatic heterocycles. The molecule has 1 saturated heterocycles. The Hall–Kier alpha value is -3.28. The topological polar surface area (TPSA) is 142 Å². The minimum absolute atomic E-state index is 0.0880. The van der Waals surface area contributed by atoms with Gasteiger partial charge < -0.3 is 20.2 Å². The molecule has 0 aliphatic carbocycles. The molecule has 0 saturated carbocycles. The summed E-state index contributed by atoms with van der Waals surface area (Å²) in [5.74, 6) is -0.744. The molecule has 3 N–H and O–H groups in total. The molecule has 1 fully saturated rings. The quantitative estimate of drug-likeness (QED) is 0.407. The third-order valence-corrected chi connectivity index (χ3v) is 8.11. The van der Waals surface area contributed by atoms with E-state index in [1.165, 1.54) is 16.6 Å². The van der Waals surface area contributed by atoms with Crippen molar-refractivity contribution >= 4 is 32.8 Å². The fraction of sp³-hybridized carbons (Fsp3) is 0.423. The largest absolute Gasteiger partial charge is 0.451 e. The number of hydrogen-bond acceptors (Lipinski definition) is 7. The lowest BCUT2D eigenvalue weighted by molar-refractivity contribution is -0.125. The van der Waals surface area contributed by atoms with Gasteiger partial charge in [0.1, 0.15) is 11.6 Å². The zero-order valence-electron chi connectivity index (χ0n) is 20.8. The van der Waals surface area contributed by atoms with Gasteiger partial charge in [-0.3, -0.25) is 9.59 Å². The van der Waals surface area contributed by atoms with Crippen molar-refractivity contribution in [2.75, 3.05) is 13.1 Å². The van der Waals surface area contributed by atoms with Gasteiger partial charge in [0.25, 0.3) is 15.9 Å². The minimum Gasteiger partial charge on any atom is -0.451 e. The molecule has 37 heavy (non-hydrogen) atoms. The summed E-state index contributed by atoms with van der Waals surface area (Å²) in [4.78, 5) is 30.1. The first kappa shape index (κ1) is 26.8. The maximum atomic E-state index is 13.2. The Morgan fingerprint density at radius 3 is 2.65 bits per heavy atom. The number of para-hydroxylation sites is 1. The monoisotopic (exact) mass is 528 g/mol. The number of carbonyl (C=O) groups is 2. The van der Waals surface area contributed by atoms with Crippen LogP contribution in [0.3, 0.4) is 0 Å². The number of aliphatic hydroxyl groups is 1. The molecular formula is C26H32N4O6S. The highest BCUT2D eigenvalue weighted by atomic mass is 32.2. The normalized spacial score (nSPS) is 19.9. The van der Waals surface area contributed by atoms with E-state index in [2.05, 4.69) is 15.6 Å². The van der Waals surface area contributed by atoms with Crippen LogP contribution < -0.4 is 10.6 Å². The summed E-state index contributed by atoms with van der Waals surface area (Å²) in [5.41, 5.74) is 0.573. The number of nitrogens with zero attached hydrogens (tertiary/aromatic N) is 2.